The van der Waals surface area contributed by atoms with Crippen LogP contribution in [0.4, 0.5) is 0 Å². The van der Waals surface area contributed by atoms with Gasteiger partial charge in [0.05, 0.1) is 13.4 Å². The molecule has 0 saturated heterocycles. The van der Waals surface area contributed by atoms with Gasteiger partial charge < -0.3 is 14.6 Å². The summed E-state index contributed by atoms with van der Waals surface area (Å²) < 4.78 is 7.28. The van der Waals surface area contributed by atoms with Gasteiger partial charge in [-0.2, -0.15) is 0 Å². The third-order valence-corrected chi connectivity index (χ3v) is 4.51. The second kappa shape index (κ2) is 7.42. The summed E-state index contributed by atoms with van der Waals surface area (Å²) in [6, 6.07) is 21.2. The Labute approximate surface area is 153 Å². The first-order chi connectivity index (χ1) is 12.8. The Bertz CT molecular complexity index is 992. The third-order valence-electron chi connectivity index (χ3n) is 4.51. The minimum Gasteiger partial charge on any atom is -0.497 e. The Hall–Kier alpha value is -3.11. The SMILES string of the molecule is COc1ccc2cc(CNCc3ccc(-n4ccnc4)cc3)ccc2c1. The van der Waals surface area contributed by atoms with Crippen molar-refractivity contribution in [3.8, 4) is 11.4 Å². The highest BCUT2D eigenvalue weighted by atomic mass is 16.5. The smallest absolute Gasteiger partial charge is 0.119 e. The largest absolute Gasteiger partial charge is 0.497 e. The number of fused-ring (bicyclic) bond motifs is 1. The quantitative estimate of drug-likeness (QED) is 0.566. The lowest BCUT2D eigenvalue weighted by molar-refractivity contribution is 0.415. The Morgan fingerprint density at radius 3 is 2.38 bits per heavy atom. The zero-order valence-corrected chi connectivity index (χ0v) is 14.7. The minimum atomic E-state index is 0.838. The predicted octanol–water partition coefficient (Wildman–Crippen LogP) is 4.32. The van der Waals surface area contributed by atoms with E-state index in [2.05, 4.69) is 64.9 Å². The number of hydrogen-bond acceptors (Lipinski definition) is 3. The molecule has 0 amide bonds. The van der Waals surface area contributed by atoms with E-state index >= 15 is 0 Å². The van der Waals surface area contributed by atoms with E-state index in [1.807, 2.05) is 23.2 Å². The summed E-state index contributed by atoms with van der Waals surface area (Å²) in [6.07, 6.45) is 5.54. The molecule has 0 aliphatic carbocycles. The van der Waals surface area contributed by atoms with Crippen LogP contribution in [0.5, 0.6) is 5.75 Å². The fourth-order valence-corrected chi connectivity index (χ4v) is 3.06. The van der Waals surface area contributed by atoms with Gasteiger partial charge in [0.2, 0.25) is 0 Å². The van der Waals surface area contributed by atoms with E-state index in [4.69, 9.17) is 4.74 Å². The van der Waals surface area contributed by atoms with E-state index in [0.717, 1.165) is 24.5 Å². The Morgan fingerprint density at radius 1 is 0.885 bits per heavy atom. The molecule has 0 atom stereocenters. The Morgan fingerprint density at radius 2 is 1.62 bits per heavy atom. The molecule has 1 aromatic heterocycles. The summed E-state index contributed by atoms with van der Waals surface area (Å²) in [7, 11) is 1.70. The predicted molar refractivity (Wildman–Crippen MR) is 105 cm³/mol. The van der Waals surface area contributed by atoms with E-state index in [-0.39, 0.29) is 0 Å². The second-order valence-corrected chi connectivity index (χ2v) is 6.29. The van der Waals surface area contributed by atoms with E-state index < -0.39 is 0 Å². The molecule has 4 aromatic rings. The van der Waals surface area contributed by atoms with Crippen molar-refractivity contribution in [3.63, 3.8) is 0 Å². The van der Waals surface area contributed by atoms with Crippen LogP contribution in [-0.4, -0.2) is 16.7 Å². The molecule has 0 bridgehead atoms. The Balaban J connectivity index is 1.37. The summed E-state index contributed by atoms with van der Waals surface area (Å²) in [4.78, 5) is 4.08. The number of hydrogen-bond donors (Lipinski definition) is 1. The Kier molecular flexibility index (Phi) is 4.67. The highest BCUT2D eigenvalue weighted by Crippen LogP contribution is 2.22. The highest BCUT2D eigenvalue weighted by Gasteiger charge is 2.00. The van der Waals surface area contributed by atoms with Crippen molar-refractivity contribution >= 4 is 10.8 Å². The number of nitrogens with one attached hydrogen (secondary N) is 1. The van der Waals surface area contributed by atoms with E-state index in [1.54, 1.807) is 13.3 Å². The van der Waals surface area contributed by atoms with Gasteiger partial charge in [0, 0.05) is 31.2 Å². The first-order valence-electron chi connectivity index (χ1n) is 8.66. The number of aromatic nitrogens is 2. The van der Waals surface area contributed by atoms with Gasteiger partial charge in [0.25, 0.3) is 0 Å². The first-order valence-corrected chi connectivity index (χ1v) is 8.66. The molecule has 0 radical (unpaired) electrons. The lowest BCUT2D eigenvalue weighted by Crippen LogP contribution is -2.12. The molecule has 0 spiro atoms. The van der Waals surface area contributed by atoms with Crippen LogP contribution in [0.1, 0.15) is 11.1 Å². The number of ether oxygens (including phenoxy) is 1. The summed E-state index contributed by atoms with van der Waals surface area (Å²) in [5, 5.41) is 5.94. The third kappa shape index (κ3) is 3.60. The number of imidazole rings is 1. The van der Waals surface area contributed by atoms with Crippen LogP contribution < -0.4 is 10.1 Å². The van der Waals surface area contributed by atoms with Crippen molar-refractivity contribution in [2.75, 3.05) is 7.11 Å². The van der Waals surface area contributed by atoms with Crippen molar-refractivity contribution in [2.24, 2.45) is 0 Å². The number of methoxy groups -OCH3 is 1. The molecule has 4 rings (SSSR count). The maximum Gasteiger partial charge on any atom is 0.119 e. The standard InChI is InChI=1S/C22H21N3O/c1-26-22-9-6-19-12-18(2-5-20(19)13-22)15-24-14-17-3-7-21(8-4-17)25-11-10-23-16-25/h2-13,16,24H,14-15H2,1H3. The van der Waals surface area contributed by atoms with Gasteiger partial charge in [-0.25, -0.2) is 4.98 Å². The maximum atomic E-state index is 5.28. The van der Waals surface area contributed by atoms with Crippen LogP contribution in [0.2, 0.25) is 0 Å². The van der Waals surface area contributed by atoms with Gasteiger partial charge in [-0.05, 0) is 52.2 Å². The van der Waals surface area contributed by atoms with Crippen LogP contribution in [-0.2, 0) is 13.1 Å². The molecular formula is C22H21N3O. The molecule has 0 unspecified atom stereocenters. The van der Waals surface area contributed by atoms with Crippen molar-refractivity contribution in [3.05, 3.63) is 90.5 Å². The molecule has 1 N–H and O–H groups in total. The molecule has 0 aliphatic rings. The average Bonchev–Trinajstić information content (AvgIpc) is 3.23. The molecule has 4 nitrogen and oxygen atoms in total. The fraction of sp³-hybridized carbons (Fsp3) is 0.136. The van der Waals surface area contributed by atoms with Gasteiger partial charge in [0.15, 0.2) is 0 Å². The van der Waals surface area contributed by atoms with E-state index in [1.165, 1.54) is 21.9 Å². The molecular weight excluding hydrogens is 322 g/mol. The highest BCUT2D eigenvalue weighted by molar-refractivity contribution is 5.84. The normalized spacial score (nSPS) is 11.0. The van der Waals surface area contributed by atoms with Crippen molar-refractivity contribution < 1.29 is 4.74 Å². The van der Waals surface area contributed by atoms with Crippen LogP contribution >= 0.6 is 0 Å². The molecule has 130 valence electrons. The van der Waals surface area contributed by atoms with Gasteiger partial charge in [-0.15, -0.1) is 0 Å². The van der Waals surface area contributed by atoms with Gasteiger partial charge in [-0.1, -0.05) is 30.3 Å². The van der Waals surface area contributed by atoms with Crippen molar-refractivity contribution in [2.45, 2.75) is 13.1 Å². The zero-order chi connectivity index (χ0) is 17.8. The minimum absolute atomic E-state index is 0.838. The summed E-state index contributed by atoms with van der Waals surface area (Å²) >= 11 is 0. The zero-order valence-electron chi connectivity index (χ0n) is 14.7. The maximum absolute atomic E-state index is 5.28. The summed E-state index contributed by atoms with van der Waals surface area (Å²) in [6.45, 7) is 1.68. The lowest BCUT2D eigenvalue weighted by Gasteiger charge is -2.08. The van der Waals surface area contributed by atoms with Crippen LogP contribution in [0.25, 0.3) is 16.5 Å². The van der Waals surface area contributed by atoms with Gasteiger partial charge in [0.1, 0.15) is 5.75 Å². The molecule has 3 aromatic carbocycles. The van der Waals surface area contributed by atoms with Crippen LogP contribution in [0.3, 0.4) is 0 Å². The fourth-order valence-electron chi connectivity index (χ4n) is 3.06. The van der Waals surface area contributed by atoms with Crippen molar-refractivity contribution in [1.29, 1.82) is 0 Å². The van der Waals surface area contributed by atoms with E-state index in [9.17, 15) is 0 Å². The summed E-state index contributed by atoms with van der Waals surface area (Å²) in [5.41, 5.74) is 3.66. The number of benzene rings is 3. The van der Waals surface area contributed by atoms with Gasteiger partial charge in [-0.3, -0.25) is 0 Å². The topological polar surface area (TPSA) is 39.1 Å². The average molecular weight is 343 g/mol. The molecule has 1 heterocycles. The molecule has 0 saturated carbocycles. The monoisotopic (exact) mass is 343 g/mol. The van der Waals surface area contributed by atoms with Gasteiger partial charge >= 0.3 is 0 Å². The van der Waals surface area contributed by atoms with Crippen molar-refractivity contribution in [1.82, 2.24) is 14.9 Å². The number of nitrogens with zero attached hydrogens (tertiary/aromatic N) is 2. The molecule has 0 aliphatic heterocycles. The summed E-state index contributed by atoms with van der Waals surface area (Å²) in [5.74, 6) is 0.891. The molecule has 26 heavy (non-hydrogen) atoms. The molecule has 0 fully saturated rings. The first kappa shape index (κ1) is 16.4. The van der Waals surface area contributed by atoms with Crippen LogP contribution in [0, 0.1) is 0 Å². The molecule has 4 heteroatoms. The number of rotatable bonds is 6. The van der Waals surface area contributed by atoms with Crippen LogP contribution in [0.15, 0.2) is 79.4 Å². The second-order valence-electron chi connectivity index (χ2n) is 6.29. The van der Waals surface area contributed by atoms with E-state index in [0.29, 0.717) is 0 Å². The lowest BCUT2D eigenvalue weighted by atomic mass is 10.1.